The van der Waals surface area contributed by atoms with Crippen LogP contribution in [-0.4, -0.2) is 29.6 Å². The zero-order valence-electron chi connectivity index (χ0n) is 9.40. The van der Waals surface area contributed by atoms with Gasteiger partial charge in [-0.1, -0.05) is 6.92 Å². The molecule has 0 saturated heterocycles. The number of esters is 1. The first-order valence-electron chi connectivity index (χ1n) is 4.76. The van der Waals surface area contributed by atoms with Gasteiger partial charge in [-0.3, -0.25) is 4.79 Å². The van der Waals surface area contributed by atoms with Gasteiger partial charge < -0.3 is 4.74 Å². The van der Waals surface area contributed by atoms with Crippen LogP contribution < -0.4 is 0 Å². The normalized spacial score (nSPS) is 10.2. The average molecular weight is 259 g/mol. The predicted octanol–water partition coefficient (Wildman–Crippen LogP) is 2.39. The average Bonchev–Trinajstić information content (AvgIpc) is 2.69. The molecule has 0 bridgehead atoms. The van der Waals surface area contributed by atoms with Gasteiger partial charge in [-0.05, 0) is 5.75 Å². The van der Waals surface area contributed by atoms with E-state index in [1.807, 2.05) is 6.92 Å². The predicted molar refractivity (Wildman–Crippen MR) is 65.3 cm³/mol. The summed E-state index contributed by atoms with van der Waals surface area (Å²) in [5.74, 6) is 1.00. The smallest absolute Gasteiger partial charge is 0.358 e. The number of carbonyl (C=O) groups excluding carboxylic acids is 2. The molecule has 0 N–H and O–H groups in total. The molecule has 0 aliphatic carbocycles. The molecule has 1 aromatic heterocycles. The van der Waals surface area contributed by atoms with Gasteiger partial charge >= 0.3 is 5.97 Å². The Bertz CT molecular complexity index is 401. The van der Waals surface area contributed by atoms with Crippen LogP contribution >= 0.6 is 23.1 Å². The van der Waals surface area contributed by atoms with Gasteiger partial charge in [-0.25, -0.2) is 9.78 Å². The Morgan fingerprint density at radius 1 is 1.50 bits per heavy atom. The van der Waals surface area contributed by atoms with Crippen LogP contribution in [0.15, 0.2) is 0 Å². The highest BCUT2D eigenvalue weighted by Crippen LogP contribution is 2.23. The molecule has 1 heterocycles. The van der Waals surface area contributed by atoms with Crippen molar-refractivity contribution >= 4 is 34.9 Å². The van der Waals surface area contributed by atoms with E-state index in [1.165, 1.54) is 25.4 Å². The number of nitrogens with zero attached hydrogens (tertiary/aromatic N) is 1. The number of rotatable bonds is 5. The zero-order chi connectivity index (χ0) is 12.1. The Hall–Kier alpha value is -0.880. The fraction of sp³-hybridized carbons (Fsp3) is 0.500. The van der Waals surface area contributed by atoms with Gasteiger partial charge in [0.2, 0.25) is 0 Å². The minimum Gasteiger partial charge on any atom is -0.464 e. The molecule has 88 valence electrons. The van der Waals surface area contributed by atoms with Crippen molar-refractivity contribution in [3.8, 4) is 0 Å². The molecule has 0 saturated carbocycles. The number of hydrogen-bond donors (Lipinski definition) is 0. The van der Waals surface area contributed by atoms with E-state index in [2.05, 4.69) is 9.72 Å². The summed E-state index contributed by atoms with van der Waals surface area (Å²) < 4.78 is 4.59. The van der Waals surface area contributed by atoms with Crippen LogP contribution in [0.3, 0.4) is 0 Å². The fourth-order valence-electron chi connectivity index (χ4n) is 1.09. The van der Waals surface area contributed by atoms with Crippen LogP contribution in [0.4, 0.5) is 0 Å². The van der Waals surface area contributed by atoms with E-state index in [0.29, 0.717) is 4.88 Å². The molecule has 6 heteroatoms. The molecule has 0 unspecified atom stereocenters. The minimum atomic E-state index is -0.547. The Morgan fingerprint density at radius 3 is 2.69 bits per heavy atom. The zero-order valence-corrected chi connectivity index (χ0v) is 11.0. The molecule has 0 fully saturated rings. The molecule has 4 nitrogen and oxygen atoms in total. The number of methoxy groups -OCH3 is 1. The summed E-state index contributed by atoms with van der Waals surface area (Å²) in [5.41, 5.74) is 0.145. The van der Waals surface area contributed by atoms with Crippen LogP contribution in [0.2, 0.25) is 0 Å². The maximum absolute atomic E-state index is 11.4. The molecular formula is C10H13NO3S2. The van der Waals surface area contributed by atoms with Crippen molar-refractivity contribution in [2.24, 2.45) is 0 Å². The number of Topliss-reactive ketones (excluding diaryl/α,β-unsaturated/α-hetero) is 1. The second kappa shape index (κ2) is 6.00. The van der Waals surface area contributed by atoms with Crippen LogP contribution in [0.25, 0.3) is 0 Å². The molecule has 1 rings (SSSR count). The first-order chi connectivity index (χ1) is 7.60. The lowest BCUT2D eigenvalue weighted by Crippen LogP contribution is -2.07. The maximum atomic E-state index is 11.4. The maximum Gasteiger partial charge on any atom is 0.358 e. The topological polar surface area (TPSA) is 56.3 Å². The van der Waals surface area contributed by atoms with Crippen molar-refractivity contribution in [3.63, 3.8) is 0 Å². The number of aromatic nitrogens is 1. The standard InChI is InChI=1S/C10H13NO3S2/c1-4-15-5-7-11-8(10(13)14-3)9(16-7)6(2)12/h4-5H2,1-3H3. The lowest BCUT2D eigenvalue weighted by molar-refractivity contribution is 0.0591. The fourth-order valence-corrected chi connectivity index (χ4v) is 2.76. The highest BCUT2D eigenvalue weighted by Gasteiger charge is 2.21. The largest absolute Gasteiger partial charge is 0.464 e. The summed E-state index contributed by atoms with van der Waals surface area (Å²) >= 11 is 2.97. The number of ether oxygens (including phenoxy) is 1. The number of hydrogen-bond acceptors (Lipinski definition) is 6. The molecule has 0 radical (unpaired) electrons. The van der Waals surface area contributed by atoms with Crippen molar-refractivity contribution in [3.05, 3.63) is 15.6 Å². The van der Waals surface area contributed by atoms with Gasteiger partial charge in [0.05, 0.1) is 7.11 Å². The summed E-state index contributed by atoms with van der Waals surface area (Å²) in [6.45, 7) is 3.47. The van der Waals surface area contributed by atoms with Crippen LogP contribution in [0.1, 0.15) is 39.0 Å². The monoisotopic (exact) mass is 259 g/mol. The molecule has 0 spiro atoms. The van der Waals surface area contributed by atoms with E-state index in [4.69, 9.17) is 0 Å². The molecule has 1 aromatic rings. The summed E-state index contributed by atoms with van der Waals surface area (Å²) in [5, 5.41) is 0.789. The van der Waals surface area contributed by atoms with E-state index in [9.17, 15) is 9.59 Å². The van der Waals surface area contributed by atoms with Gasteiger partial charge in [0.25, 0.3) is 0 Å². The van der Waals surface area contributed by atoms with Crippen LogP contribution in [0, 0.1) is 0 Å². The van der Waals surface area contributed by atoms with Crippen molar-refractivity contribution in [1.82, 2.24) is 4.98 Å². The van der Waals surface area contributed by atoms with E-state index in [0.717, 1.165) is 16.5 Å². The number of thiazole rings is 1. The van der Waals surface area contributed by atoms with Crippen molar-refractivity contribution in [2.45, 2.75) is 19.6 Å². The number of ketones is 1. The summed E-state index contributed by atoms with van der Waals surface area (Å²) in [7, 11) is 1.28. The van der Waals surface area contributed by atoms with E-state index >= 15 is 0 Å². The third-order valence-electron chi connectivity index (χ3n) is 1.80. The molecular weight excluding hydrogens is 246 g/mol. The van der Waals surface area contributed by atoms with Crippen LogP contribution in [0.5, 0.6) is 0 Å². The molecule has 0 amide bonds. The second-order valence-corrected chi connectivity index (χ2v) is 5.33. The number of carbonyl (C=O) groups is 2. The van der Waals surface area contributed by atoms with Gasteiger partial charge in [-0.2, -0.15) is 11.8 Å². The number of thioether (sulfide) groups is 1. The molecule has 0 atom stereocenters. The van der Waals surface area contributed by atoms with Gasteiger partial charge in [0.1, 0.15) is 9.88 Å². The van der Waals surface area contributed by atoms with E-state index in [-0.39, 0.29) is 11.5 Å². The SMILES string of the molecule is CCSCc1nc(C(=O)OC)c(C(C)=O)s1. The molecule has 0 aliphatic rings. The highest BCUT2D eigenvalue weighted by atomic mass is 32.2. The first-order valence-corrected chi connectivity index (χ1v) is 6.74. The summed E-state index contributed by atoms with van der Waals surface area (Å²) in [4.78, 5) is 27.2. The van der Waals surface area contributed by atoms with E-state index in [1.54, 1.807) is 11.8 Å². The quantitative estimate of drug-likeness (QED) is 0.600. The van der Waals surface area contributed by atoms with Crippen LogP contribution in [-0.2, 0) is 10.5 Å². The summed E-state index contributed by atoms with van der Waals surface area (Å²) in [6, 6.07) is 0. The first kappa shape index (κ1) is 13.2. The molecule has 16 heavy (non-hydrogen) atoms. The highest BCUT2D eigenvalue weighted by molar-refractivity contribution is 7.98. The third kappa shape index (κ3) is 3.05. The Kier molecular flexibility index (Phi) is 4.95. The molecule has 0 aliphatic heterocycles. The molecule has 0 aromatic carbocycles. The van der Waals surface area contributed by atoms with E-state index < -0.39 is 5.97 Å². The third-order valence-corrected chi connectivity index (χ3v) is 4.02. The lowest BCUT2D eigenvalue weighted by atomic mass is 10.3. The second-order valence-electron chi connectivity index (χ2n) is 2.97. The Balaban J connectivity index is 3.00. The van der Waals surface area contributed by atoms with Gasteiger partial charge in [0, 0.05) is 12.7 Å². The van der Waals surface area contributed by atoms with Gasteiger partial charge in [0.15, 0.2) is 11.5 Å². The lowest BCUT2D eigenvalue weighted by Gasteiger charge is -1.95. The summed E-state index contributed by atoms with van der Waals surface area (Å²) in [6.07, 6.45) is 0. The van der Waals surface area contributed by atoms with Crippen molar-refractivity contribution < 1.29 is 14.3 Å². The minimum absolute atomic E-state index is 0.145. The van der Waals surface area contributed by atoms with Crippen molar-refractivity contribution in [2.75, 3.05) is 12.9 Å². The van der Waals surface area contributed by atoms with Gasteiger partial charge in [-0.15, -0.1) is 11.3 Å². The van der Waals surface area contributed by atoms with Crippen molar-refractivity contribution in [1.29, 1.82) is 0 Å². The Labute approximate surface area is 102 Å². The Morgan fingerprint density at radius 2 is 2.19 bits per heavy atom.